The summed E-state index contributed by atoms with van der Waals surface area (Å²) in [6.07, 6.45) is 4.43. The molecule has 0 aliphatic rings. The second kappa shape index (κ2) is 8.78. The first-order chi connectivity index (χ1) is 15.9. The summed E-state index contributed by atoms with van der Waals surface area (Å²) >= 11 is 0. The highest BCUT2D eigenvalue weighted by Gasteiger charge is 2.19. The minimum absolute atomic E-state index is 0.232. The van der Waals surface area contributed by atoms with Gasteiger partial charge in [0.2, 0.25) is 5.95 Å². The van der Waals surface area contributed by atoms with Crippen LogP contribution in [0.3, 0.4) is 0 Å². The third kappa shape index (κ3) is 4.21. The third-order valence-corrected chi connectivity index (χ3v) is 4.91. The van der Waals surface area contributed by atoms with Crippen molar-refractivity contribution in [3.05, 3.63) is 90.8 Å². The third-order valence-electron chi connectivity index (χ3n) is 4.91. The molecule has 0 spiro atoms. The highest BCUT2D eigenvalue weighted by atomic mass is 16.6. The molecule has 0 fully saturated rings. The van der Waals surface area contributed by atoms with Gasteiger partial charge in [-0.3, -0.25) is 28.6 Å². The van der Waals surface area contributed by atoms with Gasteiger partial charge in [0.05, 0.1) is 12.6 Å². The van der Waals surface area contributed by atoms with Crippen molar-refractivity contribution in [3.8, 4) is 0 Å². The molecule has 0 unspecified atom stereocenters. The lowest BCUT2D eigenvalue weighted by molar-refractivity contribution is -0.402. The Balaban J connectivity index is 1.67. The molecule has 0 aliphatic carbocycles. The van der Waals surface area contributed by atoms with Crippen molar-refractivity contribution >= 4 is 35.3 Å². The molecule has 0 amide bonds. The standard InChI is InChI=1S/C21H19N7O5/c1-25-18-17(19(29)26(2)21(25)30)27(13-14-7-4-3-5-8-14)20(23-18)24-22-12-6-9-15-10-11-16(33-15)28(31)32/h3-12H,13H2,1-2H3,(H,23,24). The summed E-state index contributed by atoms with van der Waals surface area (Å²) in [6.45, 7) is 0.328. The molecule has 168 valence electrons. The van der Waals surface area contributed by atoms with Gasteiger partial charge in [0.1, 0.15) is 10.7 Å². The van der Waals surface area contributed by atoms with E-state index in [9.17, 15) is 19.7 Å². The van der Waals surface area contributed by atoms with Crippen LogP contribution in [0, 0.1) is 10.1 Å². The smallest absolute Gasteiger partial charge is 0.401 e. The van der Waals surface area contributed by atoms with Crippen molar-refractivity contribution in [1.82, 2.24) is 18.7 Å². The zero-order valence-corrected chi connectivity index (χ0v) is 17.7. The van der Waals surface area contributed by atoms with Gasteiger partial charge in [-0.15, -0.1) is 0 Å². The van der Waals surface area contributed by atoms with Crippen molar-refractivity contribution in [3.63, 3.8) is 0 Å². The highest BCUT2D eigenvalue weighted by Crippen LogP contribution is 2.18. The van der Waals surface area contributed by atoms with E-state index in [1.165, 1.54) is 42.1 Å². The number of nitro groups is 1. The molecule has 0 bridgehead atoms. The molecule has 1 aromatic carbocycles. The number of aryl methyl sites for hydroxylation is 1. The molecule has 0 atom stereocenters. The summed E-state index contributed by atoms with van der Waals surface area (Å²) in [4.78, 5) is 39.7. The van der Waals surface area contributed by atoms with Gasteiger partial charge >= 0.3 is 11.6 Å². The molecule has 0 radical (unpaired) electrons. The van der Waals surface area contributed by atoms with Crippen LogP contribution in [0.2, 0.25) is 0 Å². The second-order valence-electron chi connectivity index (χ2n) is 7.07. The van der Waals surface area contributed by atoms with Gasteiger partial charge in [-0.05, 0) is 23.8 Å². The van der Waals surface area contributed by atoms with Crippen molar-refractivity contribution in [2.24, 2.45) is 19.2 Å². The number of hydrogen-bond acceptors (Lipinski definition) is 8. The first-order valence-electron chi connectivity index (χ1n) is 9.77. The number of nitrogens with one attached hydrogen (secondary N) is 1. The molecule has 4 aromatic rings. The van der Waals surface area contributed by atoms with Gasteiger partial charge in [-0.2, -0.15) is 10.1 Å². The largest absolute Gasteiger partial charge is 0.433 e. The molecule has 3 aromatic heterocycles. The van der Waals surface area contributed by atoms with E-state index in [4.69, 9.17) is 4.42 Å². The lowest BCUT2D eigenvalue weighted by Crippen LogP contribution is -2.37. The fourth-order valence-corrected chi connectivity index (χ4v) is 3.26. The topological polar surface area (TPSA) is 142 Å². The summed E-state index contributed by atoms with van der Waals surface area (Å²) in [6, 6.07) is 12.2. The Morgan fingerprint density at radius 3 is 2.61 bits per heavy atom. The van der Waals surface area contributed by atoms with E-state index in [-0.39, 0.29) is 23.0 Å². The van der Waals surface area contributed by atoms with Crippen LogP contribution >= 0.6 is 0 Å². The zero-order valence-electron chi connectivity index (χ0n) is 17.7. The van der Waals surface area contributed by atoms with Crippen LogP contribution in [-0.4, -0.2) is 29.8 Å². The number of fused-ring (bicyclic) bond motifs is 1. The lowest BCUT2D eigenvalue weighted by Gasteiger charge is -2.09. The Morgan fingerprint density at radius 1 is 1.15 bits per heavy atom. The number of furan rings is 1. The Kier molecular flexibility index (Phi) is 5.72. The molecule has 0 aliphatic heterocycles. The predicted octanol–water partition coefficient (Wildman–Crippen LogP) is 2.09. The van der Waals surface area contributed by atoms with Gasteiger partial charge in [0.25, 0.3) is 5.56 Å². The SMILES string of the molecule is Cn1c(=O)c2c(nc(NN=CC=Cc3ccc([N+](=O)[O-])o3)n2Cc2ccccc2)n(C)c1=O. The monoisotopic (exact) mass is 449 g/mol. The summed E-state index contributed by atoms with van der Waals surface area (Å²) in [7, 11) is 2.96. The second-order valence-corrected chi connectivity index (χ2v) is 7.07. The summed E-state index contributed by atoms with van der Waals surface area (Å²) in [5, 5.41) is 14.8. The number of hydrazone groups is 1. The highest BCUT2D eigenvalue weighted by molar-refractivity contribution is 5.79. The Morgan fingerprint density at radius 2 is 1.91 bits per heavy atom. The molecular formula is C21H19N7O5. The molecule has 12 nitrogen and oxygen atoms in total. The van der Waals surface area contributed by atoms with Gasteiger partial charge in [-0.25, -0.2) is 10.2 Å². The van der Waals surface area contributed by atoms with E-state index < -0.39 is 16.2 Å². The molecule has 0 saturated carbocycles. The number of benzene rings is 1. The number of rotatable bonds is 7. The normalized spacial score (nSPS) is 11.7. The van der Waals surface area contributed by atoms with E-state index in [2.05, 4.69) is 15.5 Å². The first-order valence-corrected chi connectivity index (χ1v) is 9.77. The van der Waals surface area contributed by atoms with Crippen LogP contribution in [0.15, 0.2) is 67.6 Å². The molecule has 0 saturated heterocycles. The predicted molar refractivity (Wildman–Crippen MR) is 122 cm³/mol. The minimum atomic E-state index is -0.623. The number of allylic oxidation sites excluding steroid dienone is 1. The molecule has 1 N–H and O–H groups in total. The van der Waals surface area contributed by atoms with Gasteiger partial charge in [0, 0.05) is 20.3 Å². The van der Waals surface area contributed by atoms with Gasteiger partial charge in [0.15, 0.2) is 11.2 Å². The van der Waals surface area contributed by atoms with Crippen molar-refractivity contribution in [2.75, 3.05) is 5.43 Å². The van der Waals surface area contributed by atoms with Crippen molar-refractivity contribution in [1.29, 1.82) is 0 Å². The minimum Gasteiger partial charge on any atom is -0.401 e. The maximum absolute atomic E-state index is 12.9. The molecular weight excluding hydrogens is 430 g/mol. The summed E-state index contributed by atoms with van der Waals surface area (Å²) in [5.41, 5.74) is 3.27. The Labute approximate surface area is 185 Å². The molecule has 4 rings (SSSR count). The fourth-order valence-electron chi connectivity index (χ4n) is 3.26. The van der Waals surface area contributed by atoms with Crippen LogP contribution < -0.4 is 16.7 Å². The zero-order chi connectivity index (χ0) is 23.5. The number of aromatic nitrogens is 4. The fraction of sp³-hybridized carbons (Fsp3) is 0.143. The van der Waals surface area contributed by atoms with E-state index in [0.717, 1.165) is 10.1 Å². The Bertz CT molecular complexity index is 1510. The van der Waals surface area contributed by atoms with E-state index in [1.54, 1.807) is 11.6 Å². The van der Waals surface area contributed by atoms with Crippen LogP contribution in [0.4, 0.5) is 11.8 Å². The maximum Gasteiger partial charge on any atom is 0.433 e. The van der Waals surface area contributed by atoms with Crippen LogP contribution in [0.1, 0.15) is 11.3 Å². The first kappa shape index (κ1) is 21.5. The van der Waals surface area contributed by atoms with Crippen LogP contribution in [0.5, 0.6) is 0 Å². The van der Waals surface area contributed by atoms with Crippen molar-refractivity contribution < 1.29 is 9.34 Å². The van der Waals surface area contributed by atoms with Crippen LogP contribution in [-0.2, 0) is 20.6 Å². The average molecular weight is 449 g/mol. The lowest BCUT2D eigenvalue weighted by atomic mass is 10.2. The number of imidazole rings is 1. The average Bonchev–Trinajstić information content (AvgIpc) is 3.42. The number of nitrogens with zero attached hydrogens (tertiary/aromatic N) is 6. The Hall–Kier alpha value is -4.74. The van der Waals surface area contributed by atoms with Crippen LogP contribution in [0.25, 0.3) is 17.2 Å². The number of anilines is 1. The maximum atomic E-state index is 12.9. The molecule has 12 heteroatoms. The summed E-state index contributed by atoms with van der Waals surface area (Å²) < 4.78 is 9.02. The van der Waals surface area contributed by atoms with Gasteiger partial charge in [-0.1, -0.05) is 30.3 Å². The summed E-state index contributed by atoms with van der Waals surface area (Å²) in [5.74, 6) is 0.208. The molecule has 33 heavy (non-hydrogen) atoms. The van der Waals surface area contributed by atoms with Crippen molar-refractivity contribution in [2.45, 2.75) is 6.54 Å². The van der Waals surface area contributed by atoms with E-state index >= 15 is 0 Å². The quantitative estimate of drug-likeness (QED) is 0.259. The van der Waals surface area contributed by atoms with Gasteiger partial charge < -0.3 is 4.42 Å². The molecule has 3 heterocycles. The van der Waals surface area contributed by atoms with E-state index in [1.807, 2.05) is 30.3 Å². The number of hydrogen-bond donors (Lipinski definition) is 1. The van der Waals surface area contributed by atoms with E-state index in [0.29, 0.717) is 12.3 Å².